The number of carboxylic acid groups (broad SMARTS) is 1. The number of hydrogen-bond donors (Lipinski definition) is 1. The maximum absolute atomic E-state index is 12.4. The van der Waals surface area contributed by atoms with E-state index in [4.69, 9.17) is 9.47 Å². The van der Waals surface area contributed by atoms with Gasteiger partial charge in [-0.1, -0.05) is 19.9 Å². The van der Waals surface area contributed by atoms with Crippen molar-refractivity contribution in [1.29, 1.82) is 0 Å². The molecule has 7 nitrogen and oxygen atoms in total. The van der Waals surface area contributed by atoms with E-state index in [1.54, 1.807) is 19.4 Å². The molecule has 1 saturated heterocycles. The van der Waals surface area contributed by atoms with Gasteiger partial charge in [-0.25, -0.2) is 9.78 Å². The van der Waals surface area contributed by atoms with Gasteiger partial charge >= 0.3 is 5.97 Å². The fourth-order valence-electron chi connectivity index (χ4n) is 4.05. The van der Waals surface area contributed by atoms with E-state index in [0.717, 1.165) is 37.2 Å². The minimum Gasteiger partial charge on any atom is -0.481 e. The summed E-state index contributed by atoms with van der Waals surface area (Å²) in [5.41, 5.74) is 3.17. The van der Waals surface area contributed by atoms with Gasteiger partial charge in [0.15, 0.2) is 6.10 Å². The third-order valence-corrected chi connectivity index (χ3v) is 5.89. The van der Waals surface area contributed by atoms with Gasteiger partial charge in [-0.2, -0.15) is 0 Å². The molecule has 1 fully saturated rings. The number of carboxylic acids is 1. The van der Waals surface area contributed by atoms with Crippen LogP contribution in [0.5, 0.6) is 5.88 Å². The van der Waals surface area contributed by atoms with Crippen LogP contribution in [0.4, 0.5) is 5.69 Å². The number of hydrogen-bond acceptors (Lipinski definition) is 6. The summed E-state index contributed by atoms with van der Waals surface area (Å²) in [7, 11) is 1.58. The molecule has 0 bridgehead atoms. The van der Waals surface area contributed by atoms with Crippen LogP contribution in [-0.4, -0.2) is 46.8 Å². The molecule has 1 aliphatic rings. The summed E-state index contributed by atoms with van der Waals surface area (Å²) in [5.74, 6) is -0.532. The number of aryl methyl sites for hydroxylation is 1. The van der Waals surface area contributed by atoms with Crippen molar-refractivity contribution in [2.24, 2.45) is 5.41 Å². The number of carbonyl (C=O) groups is 1. The molecule has 2 aromatic rings. The van der Waals surface area contributed by atoms with Crippen molar-refractivity contribution in [1.82, 2.24) is 9.97 Å². The van der Waals surface area contributed by atoms with E-state index in [9.17, 15) is 9.90 Å². The highest BCUT2D eigenvalue weighted by Crippen LogP contribution is 2.43. The zero-order valence-corrected chi connectivity index (χ0v) is 20.2. The fourth-order valence-corrected chi connectivity index (χ4v) is 4.05. The highest BCUT2D eigenvalue weighted by molar-refractivity contribution is 5.85. The third-order valence-electron chi connectivity index (χ3n) is 5.89. The Hall–Kier alpha value is -2.67. The number of pyridine rings is 2. The molecule has 32 heavy (non-hydrogen) atoms. The zero-order chi connectivity index (χ0) is 23.7. The molecule has 0 radical (unpaired) electrons. The number of anilines is 1. The van der Waals surface area contributed by atoms with E-state index in [2.05, 4.69) is 28.7 Å². The minimum absolute atomic E-state index is 0.251. The molecule has 0 unspecified atom stereocenters. The van der Waals surface area contributed by atoms with E-state index < -0.39 is 17.7 Å². The smallest absolute Gasteiger partial charge is 0.337 e. The van der Waals surface area contributed by atoms with Crippen LogP contribution < -0.4 is 9.64 Å². The van der Waals surface area contributed by atoms with Crippen LogP contribution in [0.15, 0.2) is 24.4 Å². The Balaban J connectivity index is 2.24. The molecule has 7 heteroatoms. The van der Waals surface area contributed by atoms with E-state index in [1.165, 1.54) is 0 Å². The highest BCUT2D eigenvalue weighted by Gasteiger charge is 2.36. The molecular formula is C25H35N3O4. The number of rotatable bonds is 6. The first kappa shape index (κ1) is 24.0. The van der Waals surface area contributed by atoms with Gasteiger partial charge in [0.1, 0.15) is 0 Å². The summed E-state index contributed by atoms with van der Waals surface area (Å²) in [5, 5.41) is 10.2. The molecule has 3 rings (SSSR count). The summed E-state index contributed by atoms with van der Waals surface area (Å²) in [6.45, 7) is 13.6. The first-order valence-electron chi connectivity index (χ1n) is 11.1. The minimum atomic E-state index is -1.14. The van der Waals surface area contributed by atoms with Gasteiger partial charge in [-0.3, -0.25) is 4.98 Å². The number of piperidine rings is 1. The van der Waals surface area contributed by atoms with E-state index in [0.29, 0.717) is 22.8 Å². The van der Waals surface area contributed by atoms with Crippen molar-refractivity contribution in [3.63, 3.8) is 0 Å². The second-order valence-corrected chi connectivity index (χ2v) is 10.2. The van der Waals surface area contributed by atoms with Crippen LogP contribution in [-0.2, 0) is 9.53 Å². The number of aliphatic carboxylic acids is 1. The van der Waals surface area contributed by atoms with E-state index >= 15 is 0 Å². The molecule has 0 spiro atoms. The standard InChI is InChI=1S/C25H35N3O4/c1-16-20(22(23(29)30)32-24(2,3)4)21(28-13-11-25(5,6)12-14-28)17(15-26-16)18-9-8-10-19(27-18)31-7/h8-10,15,22H,11-14H2,1-7H3,(H,29,30)/t22-/m0/s1. The van der Waals surface area contributed by atoms with Crippen LogP contribution in [0.1, 0.15) is 64.8 Å². The lowest BCUT2D eigenvalue weighted by molar-refractivity contribution is -0.160. The molecule has 0 aliphatic carbocycles. The Kier molecular flexibility index (Phi) is 6.79. The second kappa shape index (κ2) is 9.06. The molecule has 0 aromatic carbocycles. The van der Waals surface area contributed by atoms with Crippen molar-refractivity contribution in [2.45, 2.75) is 66.1 Å². The van der Waals surface area contributed by atoms with Crippen molar-refractivity contribution < 1.29 is 19.4 Å². The largest absolute Gasteiger partial charge is 0.481 e. The quantitative estimate of drug-likeness (QED) is 0.673. The molecule has 3 heterocycles. The topological polar surface area (TPSA) is 84.8 Å². The van der Waals surface area contributed by atoms with Crippen LogP contribution in [0, 0.1) is 12.3 Å². The maximum atomic E-state index is 12.4. The predicted molar refractivity (Wildman–Crippen MR) is 125 cm³/mol. The average molecular weight is 442 g/mol. The summed E-state index contributed by atoms with van der Waals surface area (Å²) < 4.78 is 11.4. The Labute approximate surface area is 190 Å². The Morgan fingerprint density at radius 1 is 1.22 bits per heavy atom. The van der Waals surface area contributed by atoms with Gasteiger partial charge in [0.25, 0.3) is 0 Å². The van der Waals surface area contributed by atoms with Crippen molar-refractivity contribution in [2.75, 3.05) is 25.1 Å². The number of ether oxygens (including phenoxy) is 2. The Bertz CT molecular complexity index is 972. The van der Waals surface area contributed by atoms with Crippen molar-refractivity contribution in [3.8, 4) is 17.1 Å². The van der Waals surface area contributed by atoms with Crippen LogP contribution in [0.3, 0.4) is 0 Å². The third kappa shape index (κ3) is 5.38. The monoisotopic (exact) mass is 441 g/mol. The molecule has 1 N–H and O–H groups in total. The lowest BCUT2D eigenvalue weighted by Crippen LogP contribution is -2.39. The van der Waals surface area contributed by atoms with Gasteiger partial charge in [0.05, 0.1) is 24.1 Å². The number of methoxy groups -OCH3 is 1. The lowest BCUT2D eigenvalue weighted by atomic mass is 9.82. The lowest BCUT2D eigenvalue weighted by Gasteiger charge is -2.40. The number of aromatic nitrogens is 2. The van der Waals surface area contributed by atoms with Gasteiger partial charge in [-0.15, -0.1) is 0 Å². The molecule has 0 saturated carbocycles. The Morgan fingerprint density at radius 3 is 2.44 bits per heavy atom. The molecule has 174 valence electrons. The Morgan fingerprint density at radius 2 is 1.88 bits per heavy atom. The molecule has 0 amide bonds. The first-order chi connectivity index (χ1) is 14.9. The van der Waals surface area contributed by atoms with Crippen LogP contribution in [0.2, 0.25) is 0 Å². The maximum Gasteiger partial charge on any atom is 0.337 e. The number of nitrogens with zero attached hydrogens (tertiary/aromatic N) is 3. The van der Waals surface area contributed by atoms with E-state index in [1.807, 2.05) is 39.8 Å². The second-order valence-electron chi connectivity index (χ2n) is 10.2. The fraction of sp³-hybridized carbons (Fsp3) is 0.560. The van der Waals surface area contributed by atoms with Crippen molar-refractivity contribution in [3.05, 3.63) is 35.7 Å². The van der Waals surface area contributed by atoms with Crippen molar-refractivity contribution >= 4 is 11.7 Å². The van der Waals surface area contributed by atoms with Crippen LogP contribution in [0.25, 0.3) is 11.3 Å². The summed E-state index contributed by atoms with van der Waals surface area (Å²) in [6, 6.07) is 5.57. The van der Waals surface area contributed by atoms with E-state index in [-0.39, 0.29) is 5.41 Å². The summed E-state index contributed by atoms with van der Waals surface area (Å²) in [4.78, 5) is 23.9. The first-order valence-corrected chi connectivity index (χ1v) is 11.1. The van der Waals surface area contributed by atoms with Crippen LogP contribution >= 0.6 is 0 Å². The predicted octanol–water partition coefficient (Wildman–Crippen LogP) is 5.03. The highest BCUT2D eigenvalue weighted by atomic mass is 16.5. The summed E-state index contributed by atoms with van der Waals surface area (Å²) in [6.07, 6.45) is 2.66. The SMILES string of the molecule is COc1cccc(-c2cnc(C)c([C@H](OC(C)(C)C)C(=O)O)c2N2CCC(C)(C)CC2)n1. The van der Waals surface area contributed by atoms with Gasteiger partial charge in [-0.05, 0) is 52.0 Å². The average Bonchev–Trinajstić information content (AvgIpc) is 2.71. The molecule has 1 aliphatic heterocycles. The van der Waals surface area contributed by atoms with Gasteiger partial charge < -0.3 is 19.5 Å². The summed E-state index contributed by atoms with van der Waals surface area (Å²) >= 11 is 0. The molecular weight excluding hydrogens is 406 g/mol. The molecule has 1 atom stereocenters. The van der Waals surface area contributed by atoms with Gasteiger partial charge in [0, 0.05) is 42.2 Å². The normalized spacial score (nSPS) is 17.2. The van der Waals surface area contributed by atoms with Gasteiger partial charge in [0.2, 0.25) is 5.88 Å². The molecule has 2 aromatic heterocycles. The zero-order valence-electron chi connectivity index (χ0n) is 20.2.